The van der Waals surface area contributed by atoms with Gasteiger partial charge in [0.15, 0.2) is 0 Å². The monoisotopic (exact) mass is 281 g/mol. The SMILES string of the molecule is Cc1ncsc1CCN1CCCCC1CNC(C)C. The molecule has 1 aliphatic heterocycles. The van der Waals surface area contributed by atoms with Crippen molar-refractivity contribution in [1.82, 2.24) is 15.2 Å². The Bertz CT molecular complexity index is 375. The lowest BCUT2D eigenvalue weighted by Gasteiger charge is -2.36. The van der Waals surface area contributed by atoms with Crippen molar-refractivity contribution >= 4 is 11.3 Å². The Kier molecular flexibility index (Phi) is 5.79. The average molecular weight is 281 g/mol. The van der Waals surface area contributed by atoms with Gasteiger partial charge >= 0.3 is 0 Å². The van der Waals surface area contributed by atoms with Crippen molar-refractivity contribution in [2.75, 3.05) is 19.6 Å². The third kappa shape index (κ3) is 4.55. The summed E-state index contributed by atoms with van der Waals surface area (Å²) in [7, 11) is 0. The molecule has 2 rings (SSSR count). The van der Waals surface area contributed by atoms with Crippen molar-refractivity contribution in [2.24, 2.45) is 0 Å². The van der Waals surface area contributed by atoms with Crippen LogP contribution in [0.1, 0.15) is 43.7 Å². The van der Waals surface area contributed by atoms with Crippen LogP contribution in [-0.4, -0.2) is 41.6 Å². The van der Waals surface area contributed by atoms with Crippen molar-refractivity contribution in [3.05, 3.63) is 16.1 Å². The van der Waals surface area contributed by atoms with E-state index in [1.807, 2.05) is 5.51 Å². The van der Waals surface area contributed by atoms with E-state index in [4.69, 9.17) is 0 Å². The van der Waals surface area contributed by atoms with Gasteiger partial charge < -0.3 is 5.32 Å². The first kappa shape index (κ1) is 14.9. The Morgan fingerprint density at radius 3 is 3.00 bits per heavy atom. The topological polar surface area (TPSA) is 28.2 Å². The molecule has 0 radical (unpaired) electrons. The minimum Gasteiger partial charge on any atom is -0.313 e. The number of hydrogen-bond donors (Lipinski definition) is 1. The van der Waals surface area contributed by atoms with E-state index in [-0.39, 0.29) is 0 Å². The summed E-state index contributed by atoms with van der Waals surface area (Å²) in [6.07, 6.45) is 5.26. The highest BCUT2D eigenvalue weighted by Crippen LogP contribution is 2.19. The third-order valence-electron chi connectivity index (χ3n) is 3.98. The summed E-state index contributed by atoms with van der Waals surface area (Å²) in [5.74, 6) is 0. The molecular formula is C15H27N3S. The van der Waals surface area contributed by atoms with Gasteiger partial charge in [0.2, 0.25) is 0 Å². The molecule has 1 atom stereocenters. The number of rotatable bonds is 6. The second-order valence-corrected chi connectivity index (χ2v) is 6.80. The molecule has 0 aromatic carbocycles. The van der Waals surface area contributed by atoms with Gasteiger partial charge in [-0.05, 0) is 32.7 Å². The molecule has 1 aromatic rings. The fraction of sp³-hybridized carbons (Fsp3) is 0.800. The molecule has 0 aliphatic carbocycles. The molecule has 4 heteroatoms. The maximum Gasteiger partial charge on any atom is 0.0797 e. The Balaban J connectivity index is 1.83. The molecule has 1 saturated heterocycles. The normalized spacial score (nSPS) is 21.2. The molecular weight excluding hydrogens is 254 g/mol. The molecule has 1 fully saturated rings. The van der Waals surface area contributed by atoms with Crippen LogP contribution < -0.4 is 5.32 Å². The standard InChI is InChI=1S/C15H27N3S/c1-12(2)16-10-14-6-4-5-8-18(14)9-7-15-13(3)17-11-19-15/h11-12,14,16H,4-10H2,1-3H3. The van der Waals surface area contributed by atoms with Crippen molar-refractivity contribution in [1.29, 1.82) is 0 Å². The van der Waals surface area contributed by atoms with Crippen LogP contribution in [0.15, 0.2) is 5.51 Å². The van der Waals surface area contributed by atoms with E-state index < -0.39 is 0 Å². The van der Waals surface area contributed by atoms with Gasteiger partial charge in [0, 0.05) is 30.1 Å². The number of piperidine rings is 1. The van der Waals surface area contributed by atoms with Crippen molar-refractivity contribution in [3.8, 4) is 0 Å². The van der Waals surface area contributed by atoms with E-state index in [0.29, 0.717) is 6.04 Å². The van der Waals surface area contributed by atoms with E-state index in [1.165, 1.54) is 42.9 Å². The van der Waals surface area contributed by atoms with E-state index in [2.05, 4.69) is 36.0 Å². The summed E-state index contributed by atoms with van der Waals surface area (Å²) in [6, 6.07) is 1.32. The van der Waals surface area contributed by atoms with Gasteiger partial charge in [0.05, 0.1) is 11.2 Å². The van der Waals surface area contributed by atoms with Crippen molar-refractivity contribution in [2.45, 2.75) is 58.5 Å². The Morgan fingerprint density at radius 2 is 2.32 bits per heavy atom. The number of thiazole rings is 1. The van der Waals surface area contributed by atoms with Gasteiger partial charge in [-0.2, -0.15) is 0 Å². The number of likely N-dealkylation sites (tertiary alicyclic amines) is 1. The zero-order valence-corrected chi connectivity index (χ0v) is 13.3. The highest BCUT2D eigenvalue weighted by Gasteiger charge is 2.22. The molecule has 0 bridgehead atoms. The number of aromatic nitrogens is 1. The van der Waals surface area contributed by atoms with Crippen LogP contribution in [0.5, 0.6) is 0 Å². The van der Waals surface area contributed by atoms with E-state index in [1.54, 1.807) is 11.3 Å². The van der Waals surface area contributed by atoms with E-state index in [0.717, 1.165) is 19.0 Å². The van der Waals surface area contributed by atoms with Gasteiger partial charge in [-0.25, -0.2) is 4.98 Å². The first-order chi connectivity index (χ1) is 9.16. The van der Waals surface area contributed by atoms with Crippen LogP contribution in [0.2, 0.25) is 0 Å². The molecule has 19 heavy (non-hydrogen) atoms. The predicted molar refractivity (Wildman–Crippen MR) is 82.9 cm³/mol. The molecule has 1 aliphatic rings. The minimum atomic E-state index is 0.590. The van der Waals surface area contributed by atoms with Crippen LogP contribution in [0, 0.1) is 6.92 Å². The lowest BCUT2D eigenvalue weighted by molar-refractivity contribution is 0.145. The Labute approximate surface area is 121 Å². The number of hydrogen-bond acceptors (Lipinski definition) is 4. The van der Waals surface area contributed by atoms with Gasteiger partial charge in [0.1, 0.15) is 0 Å². The largest absolute Gasteiger partial charge is 0.313 e. The van der Waals surface area contributed by atoms with Gasteiger partial charge in [0.25, 0.3) is 0 Å². The molecule has 1 aromatic heterocycles. The van der Waals surface area contributed by atoms with Crippen LogP contribution in [0.3, 0.4) is 0 Å². The minimum absolute atomic E-state index is 0.590. The van der Waals surface area contributed by atoms with Crippen LogP contribution in [0.25, 0.3) is 0 Å². The molecule has 2 heterocycles. The molecule has 0 amide bonds. The number of nitrogens with one attached hydrogen (secondary N) is 1. The second kappa shape index (κ2) is 7.36. The smallest absolute Gasteiger partial charge is 0.0797 e. The summed E-state index contributed by atoms with van der Waals surface area (Å²) in [5, 5.41) is 3.60. The maximum absolute atomic E-state index is 4.35. The summed E-state index contributed by atoms with van der Waals surface area (Å²) < 4.78 is 0. The summed E-state index contributed by atoms with van der Waals surface area (Å²) in [4.78, 5) is 8.48. The summed E-state index contributed by atoms with van der Waals surface area (Å²) >= 11 is 1.80. The lowest BCUT2D eigenvalue weighted by Crippen LogP contribution is -2.47. The summed E-state index contributed by atoms with van der Waals surface area (Å²) in [6.45, 7) is 10.2. The van der Waals surface area contributed by atoms with Crippen LogP contribution in [-0.2, 0) is 6.42 Å². The third-order valence-corrected chi connectivity index (χ3v) is 4.98. The summed E-state index contributed by atoms with van der Waals surface area (Å²) in [5.41, 5.74) is 3.19. The molecule has 1 unspecified atom stereocenters. The van der Waals surface area contributed by atoms with E-state index in [9.17, 15) is 0 Å². The maximum atomic E-state index is 4.35. The van der Waals surface area contributed by atoms with Crippen molar-refractivity contribution < 1.29 is 0 Å². The highest BCUT2D eigenvalue weighted by atomic mass is 32.1. The number of aryl methyl sites for hydroxylation is 1. The number of nitrogens with zero attached hydrogens (tertiary/aromatic N) is 2. The molecule has 0 saturated carbocycles. The van der Waals surface area contributed by atoms with Crippen LogP contribution >= 0.6 is 11.3 Å². The Hall–Kier alpha value is -0.450. The van der Waals surface area contributed by atoms with E-state index >= 15 is 0 Å². The highest BCUT2D eigenvalue weighted by molar-refractivity contribution is 7.09. The molecule has 3 nitrogen and oxygen atoms in total. The fourth-order valence-corrected chi connectivity index (χ4v) is 3.54. The zero-order valence-electron chi connectivity index (χ0n) is 12.5. The molecule has 0 spiro atoms. The molecule has 1 N–H and O–H groups in total. The first-order valence-corrected chi connectivity index (χ1v) is 8.41. The average Bonchev–Trinajstić information content (AvgIpc) is 2.80. The van der Waals surface area contributed by atoms with Crippen molar-refractivity contribution in [3.63, 3.8) is 0 Å². The fourth-order valence-electron chi connectivity index (χ4n) is 2.77. The Morgan fingerprint density at radius 1 is 1.47 bits per heavy atom. The predicted octanol–water partition coefficient (Wildman–Crippen LogP) is 2.85. The quantitative estimate of drug-likeness (QED) is 0.869. The zero-order chi connectivity index (χ0) is 13.7. The van der Waals surface area contributed by atoms with Crippen LogP contribution in [0.4, 0.5) is 0 Å². The van der Waals surface area contributed by atoms with Gasteiger partial charge in [-0.3, -0.25) is 4.90 Å². The van der Waals surface area contributed by atoms with Gasteiger partial charge in [-0.1, -0.05) is 20.3 Å². The second-order valence-electron chi connectivity index (χ2n) is 5.86. The van der Waals surface area contributed by atoms with Gasteiger partial charge in [-0.15, -0.1) is 11.3 Å². The molecule has 108 valence electrons. The first-order valence-electron chi connectivity index (χ1n) is 7.53. The lowest BCUT2D eigenvalue weighted by atomic mass is 10.0.